The first-order valence-electron chi connectivity index (χ1n) is 7.02. The van der Waals surface area contributed by atoms with Crippen molar-refractivity contribution in [3.05, 3.63) is 45.5 Å². The topological polar surface area (TPSA) is 62.7 Å². The van der Waals surface area contributed by atoms with E-state index in [0.29, 0.717) is 10.6 Å². The molecule has 1 aliphatic carbocycles. The number of hydrogen-bond donors (Lipinski definition) is 1. The van der Waals surface area contributed by atoms with E-state index in [1.165, 1.54) is 28.0 Å². The van der Waals surface area contributed by atoms with Gasteiger partial charge in [-0.05, 0) is 44.7 Å². The van der Waals surface area contributed by atoms with Crippen LogP contribution >= 0.6 is 11.3 Å². The highest BCUT2D eigenvalue weighted by Gasteiger charge is 2.18. The number of hydrogen-bond acceptors (Lipinski definition) is 4. The van der Waals surface area contributed by atoms with Gasteiger partial charge in [0.05, 0.1) is 5.69 Å². The van der Waals surface area contributed by atoms with Crippen molar-refractivity contribution in [2.24, 2.45) is 0 Å². The predicted molar refractivity (Wildman–Crippen MR) is 88.3 cm³/mol. The minimum absolute atomic E-state index is 0.570. The first-order valence-corrected chi connectivity index (χ1v) is 7.84. The van der Waals surface area contributed by atoms with Crippen molar-refractivity contribution >= 4 is 27.2 Å². The van der Waals surface area contributed by atoms with Crippen LogP contribution in [0.15, 0.2) is 29.4 Å². The summed E-state index contributed by atoms with van der Waals surface area (Å²) in [6.07, 6.45) is 7.34. The smallest absolute Gasteiger partial charge is 0.130 e. The number of nitrogen functional groups attached to an aromatic ring is 1. The number of aromatic nitrogens is 1. The number of rotatable bonds is 1. The fraction of sp³-hybridized carbons (Fsp3) is 0.294. The Labute approximate surface area is 128 Å². The maximum atomic E-state index is 9.09. The fourth-order valence-corrected chi connectivity index (χ4v) is 3.50. The van der Waals surface area contributed by atoms with Crippen LogP contribution in [0.4, 0.5) is 5.69 Å². The highest BCUT2D eigenvalue weighted by molar-refractivity contribution is 7.19. The highest BCUT2D eigenvalue weighted by Crippen LogP contribution is 2.35. The molecular formula is C17H17N3S. The van der Waals surface area contributed by atoms with Gasteiger partial charge in [0.25, 0.3) is 0 Å². The maximum absolute atomic E-state index is 9.09. The normalized spacial score (nSPS) is 15.8. The third kappa shape index (κ3) is 2.57. The summed E-state index contributed by atoms with van der Waals surface area (Å²) in [6, 6.07) is 4.28. The number of allylic oxidation sites excluding steroid dienone is 4. The number of fused-ring (bicyclic) bond motifs is 2. The zero-order valence-corrected chi connectivity index (χ0v) is 13.0. The van der Waals surface area contributed by atoms with Gasteiger partial charge in [0.2, 0.25) is 0 Å². The van der Waals surface area contributed by atoms with Gasteiger partial charge in [-0.1, -0.05) is 23.3 Å². The van der Waals surface area contributed by atoms with E-state index >= 15 is 0 Å². The molecule has 0 fully saturated rings. The number of nitrogens with zero attached hydrogens (tertiary/aromatic N) is 2. The number of pyridine rings is 1. The quantitative estimate of drug-likeness (QED) is 0.860. The number of thiophene rings is 1. The van der Waals surface area contributed by atoms with Gasteiger partial charge in [-0.25, -0.2) is 4.98 Å². The maximum Gasteiger partial charge on any atom is 0.130 e. The van der Waals surface area contributed by atoms with Crippen LogP contribution in [-0.2, 0) is 12.8 Å². The van der Waals surface area contributed by atoms with E-state index < -0.39 is 0 Å². The van der Waals surface area contributed by atoms with Crippen molar-refractivity contribution < 1.29 is 0 Å². The molecule has 0 aliphatic heterocycles. The molecule has 21 heavy (non-hydrogen) atoms. The van der Waals surface area contributed by atoms with Gasteiger partial charge >= 0.3 is 0 Å². The molecule has 0 atom stereocenters. The summed E-state index contributed by atoms with van der Waals surface area (Å²) in [6.45, 7) is 4.21. The average Bonchev–Trinajstić information content (AvgIpc) is 2.78. The molecule has 2 heterocycles. The van der Waals surface area contributed by atoms with Gasteiger partial charge in [0.15, 0.2) is 0 Å². The number of aryl methyl sites for hydroxylation is 1. The first kappa shape index (κ1) is 13.8. The molecule has 106 valence electrons. The van der Waals surface area contributed by atoms with Crippen molar-refractivity contribution in [2.45, 2.75) is 33.1 Å². The molecular weight excluding hydrogens is 278 g/mol. The minimum atomic E-state index is 0.570. The molecule has 2 N–H and O–H groups in total. The summed E-state index contributed by atoms with van der Waals surface area (Å²) in [5.74, 6) is 0. The van der Waals surface area contributed by atoms with E-state index in [1.54, 1.807) is 0 Å². The average molecular weight is 295 g/mol. The van der Waals surface area contributed by atoms with Crippen molar-refractivity contribution in [1.29, 1.82) is 5.26 Å². The molecule has 4 heteroatoms. The molecule has 0 radical (unpaired) electrons. The Balaban J connectivity index is 2.04. The van der Waals surface area contributed by atoms with E-state index in [0.717, 1.165) is 35.2 Å². The zero-order chi connectivity index (χ0) is 15.0. The highest BCUT2D eigenvalue weighted by atomic mass is 32.1. The van der Waals surface area contributed by atoms with Gasteiger partial charge in [-0.3, -0.25) is 0 Å². The SMILES string of the molecule is CC(C)=CC=C1CCc2nc3sc(C#N)c(N)c3cc2C1. The third-order valence-electron chi connectivity index (χ3n) is 3.74. The summed E-state index contributed by atoms with van der Waals surface area (Å²) in [5, 5.41) is 10.0. The van der Waals surface area contributed by atoms with Crippen molar-refractivity contribution in [3.63, 3.8) is 0 Å². The summed E-state index contributed by atoms with van der Waals surface area (Å²) >= 11 is 1.39. The summed E-state index contributed by atoms with van der Waals surface area (Å²) in [4.78, 5) is 6.18. The molecule has 0 aromatic carbocycles. The first-order chi connectivity index (χ1) is 10.1. The molecule has 0 saturated heterocycles. The van der Waals surface area contributed by atoms with Crippen LogP contribution in [0.25, 0.3) is 10.2 Å². The van der Waals surface area contributed by atoms with Crippen LogP contribution in [0.3, 0.4) is 0 Å². The zero-order valence-electron chi connectivity index (χ0n) is 12.2. The van der Waals surface area contributed by atoms with Crippen LogP contribution in [0.2, 0.25) is 0 Å². The molecule has 0 amide bonds. The Kier molecular flexibility index (Phi) is 3.52. The lowest BCUT2D eigenvalue weighted by atomic mass is 9.90. The minimum Gasteiger partial charge on any atom is -0.396 e. The lowest BCUT2D eigenvalue weighted by Crippen LogP contribution is -2.07. The molecule has 0 saturated carbocycles. The van der Waals surface area contributed by atoms with Crippen LogP contribution in [-0.4, -0.2) is 4.98 Å². The van der Waals surface area contributed by atoms with Crippen molar-refractivity contribution in [1.82, 2.24) is 4.98 Å². The van der Waals surface area contributed by atoms with Crippen LogP contribution in [0.5, 0.6) is 0 Å². The molecule has 2 aromatic heterocycles. The molecule has 3 rings (SSSR count). The van der Waals surface area contributed by atoms with Gasteiger partial charge in [-0.15, -0.1) is 11.3 Å². The Bertz CT molecular complexity index is 815. The van der Waals surface area contributed by atoms with Gasteiger partial charge in [-0.2, -0.15) is 5.26 Å². The second-order valence-corrected chi connectivity index (χ2v) is 6.65. The Hall–Kier alpha value is -2.12. The van der Waals surface area contributed by atoms with E-state index in [1.807, 2.05) is 0 Å². The number of nitriles is 1. The summed E-state index contributed by atoms with van der Waals surface area (Å²) in [5.41, 5.74) is 11.8. The van der Waals surface area contributed by atoms with E-state index in [9.17, 15) is 0 Å². The van der Waals surface area contributed by atoms with E-state index in [-0.39, 0.29) is 0 Å². The van der Waals surface area contributed by atoms with Crippen molar-refractivity contribution in [2.75, 3.05) is 5.73 Å². The van der Waals surface area contributed by atoms with E-state index in [4.69, 9.17) is 16.0 Å². The van der Waals surface area contributed by atoms with Crippen LogP contribution < -0.4 is 5.73 Å². The van der Waals surface area contributed by atoms with Gasteiger partial charge in [0, 0.05) is 11.1 Å². The Morgan fingerprint density at radius 2 is 2.24 bits per heavy atom. The molecule has 1 aliphatic rings. The molecule has 0 spiro atoms. The van der Waals surface area contributed by atoms with Crippen molar-refractivity contribution in [3.8, 4) is 6.07 Å². The number of anilines is 1. The monoisotopic (exact) mass is 295 g/mol. The molecule has 3 nitrogen and oxygen atoms in total. The Morgan fingerprint density at radius 1 is 1.43 bits per heavy atom. The third-order valence-corrected chi connectivity index (χ3v) is 4.76. The standard InChI is InChI=1S/C17H17N3S/c1-10(2)3-4-11-5-6-14-12(7-11)8-13-16(19)15(9-18)21-17(13)20-14/h3-4,8H,5-7,19H2,1-2H3. The van der Waals surface area contributed by atoms with Gasteiger partial charge in [0.1, 0.15) is 15.8 Å². The van der Waals surface area contributed by atoms with Crippen LogP contribution in [0.1, 0.15) is 36.4 Å². The second kappa shape index (κ2) is 5.34. The van der Waals surface area contributed by atoms with Crippen LogP contribution in [0, 0.1) is 11.3 Å². The summed E-state index contributed by atoms with van der Waals surface area (Å²) < 4.78 is 0. The van der Waals surface area contributed by atoms with Gasteiger partial charge < -0.3 is 5.73 Å². The molecule has 0 unspecified atom stereocenters. The Morgan fingerprint density at radius 3 is 2.95 bits per heavy atom. The molecule has 2 aromatic rings. The fourth-order valence-electron chi connectivity index (χ4n) is 2.61. The molecule has 0 bridgehead atoms. The van der Waals surface area contributed by atoms with E-state index in [2.05, 4.69) is 38.1 Å². The second-order valence-electron chi connectivity index (χ2n) is 5.65. The lowest BCUT2D eigenvalue weighted by Gasteiger charge is -2.17. The lowest BCUT2D eigenvalue weighted by molar-refractivity contribution is 0.810. The summed E-state index contributed by atoms with van der Waals surface area (Å²) in [7, 11) is 0. The number of nitrogens with two attached hydrogens (primary N) is 1. The predicted octanol–water partition coefficient (Wildman–Crippen LogP) is 4.13. The largest absolute Gasteiger partial charge is 0.396 e.